The second-order valence-electron chi connectivity index (χ2n) is 6.52. The lowest BCUT2D eigenvalue weighted by Gasteiger charge is -2.41. The van der Waals surface area contributed by atoms with E-state index in [2.05, 4.69) is 31.8 Å². The average Bonchev–Trinajstić information content (AvgIpc) is 2.46. The molecular formula is C18H28O4Si. The summed E-state index contributed by atoms with van der Waals surface area (Å²) in [7, 11) is -1.89. The predicted octanol–water partition coefficient (Wildman–Crippen LogP) is 4.61. The van der Waals surface area contributed by atoms with Crippen molar-refractivity contribution in [2.24, 2.45) is 0 Å². The maximum atomic E-state index is 6.29. The highest BCUT2D eigenvalue weighted by Crippen LogP contribution is 2.39. The highest BCUT2D eigenvalue weighted by atomic mass is 28.4. The molecule has 0 aromatic heterocycles. The van der Waals surface area contributed by atoms with Gasteiger partial charge in [0, 0.05) is 19.1 Å². The average molecular weight is 337 g/mol. The Kier molecular flexibility index (Phi) is 6.03. The van der Waals surface area contributed by atoms with E-state index < -0.39 is 14.3 Å². The maximum Gasteiger partial charge on any atom is 0.299 e. The van der Waals surface area contributed by atoms with E-state index in [0.717, 1.165) is 11.3 Å². The van der Waals surface area contributed by atoms with Crippen molar-refractivity contribution in [1.29, 1.82) is 0 Å². The van der Waals surface area contributed by atoms with Gasteiger partial charge in [-0.15, -0.1) is 0 Å². The summed E-state index contributed by atoms with van der Waals surface area (Å²) < 4.78 is 24.3. The molecule has 0 saturated heterocycles. The molecule has 2 unspecified atom stereocenters. The van der Waals surface area contributed by atoms with Crippen LogP contribution in [0.15, 0.2) is 42.2 Å². The highest BCUT2D eigenvalue weighted by molar-refractivity contribution is 6.69. The van der Waals surface area contributed by atoms with E-state index in [4.69, 9.17) is 18.6 Å². The minimum absolute atomic E-state index is 0.148. The summed E-state index contributed by atoms with van der Waals surface area (Å²) in [6, 6.07) is 10.1. The maximum absolute atomic E-state index is 6.29. The second kappa shape index (κ2) is 7.62. The number of rotatable bonds is 7. The first-order valence-electron chi connectivity index (χ1n) is 8.29. The Morgan fingerprint density at radius 3 is 2.39 bits per heavy atom. The van der Waals surface area contributed by atoms with Gasteiger partial charge in [0.1, 0.15) is 5.76 Å². The zero-order valence-electron chi connectivity index (χ0n) is 14.8. The molecule has 1 aromatic rings. The fourth-order valence-electron chi connectivity index (χ4n) is 2.64. The van der Waals surface area contributed by atoms with E-state index >= 15 is 0 Å². The largest absolute Gasteiger partial charge is 0.498 e. The summed E-state index contributed by atoms with van der Waals surface area (Å²) in [6.45, 7) is 11.4. The highest BCUT2D eigenvalue weighted by Gasteiger charge is 2.43. The molecule has 1 aromatic carbocycles. The second-order valence-corrected chi connectivity index (χ2v) is 10.9. The van der Waals surface area contributed by atoms with Gasteiger partial charge in [0.25, 0.3) is 5.97 Å². The normalized spacial score (nSPS) is 25.1. The topological polar surface area (TPSA) is 36.9 Å². The molecule has 0 radical (unpaired) electrons. The van der Waals surface area contributed by atoms with Crippen LogP contribution in [0.5, 0.6) is 0 Å². The fourth-order valence-corrected chi connectivity index (χ4v) is 3.66. The molecule has 1 aliphatic rings. The Hall–Kier alpha value is -1.14. The molecule has 1 heterocycles. The summed E-state index contributed by atoms with van der Waals surface area (Å²) in [5.41, 5.74) is 1.10. The Morgan fingerprint density at radius 2 is 1.83 bits per heavy atom. The molecular weight excluding hydrogens is 308 g/mol. The monoisotopic (exact) mass is 336 g/mol. The first-order chi connectivity index (χ1) is 10.9. The molecule has 2 rings (SSSR count). The third kappa shape index (κ3) is 5.17. The molecule has 2 atom stereocenters. The van der Waals surface area contributed by atoms with Crippen molar-refractivity contribution in [3.8, 4) is 0 Å². The van der Waals surface area contributed by atoms with Crippen LogP contribution in [0.4, 0.5) is 0 Å². The lowest BCUT2D eigenvalue weighted by Crippen LogP contribution is -2.48. The van der Waals surface area contributed by atoms with Crippen LogP contribution < -0.4 is 0 Å². The van der Waals surface area contributed by atoms with E-state index in [1.165, 1.54) is 0 Å². The summed E-state index contributed by atoms with van der Waals surface area (Å²) >= 11 is 0. The van der Waals surface area contributed by atoms with Crippen molar-refractivity contribution in [2.45, 2.75) is 52.0 Å². The van der Waals surface area contributed by atoms with Crippen molar-refractivity contribution >= 4 is 8.32 Å². The molecule has 128 valence electrons. The zero-order chi connectivity index (χ0) is 16.9. The van der Waals surface area contributed by atoms with Crippen LogP contribution >= 0.6 is 0 Å². The Morgan fingerprint density at radius 1 is 1.13 bits per heavy atom. The van der Waals surface area contributed by atoms with E-state index in [9.17, 15) is 0 Å². The third-order valence-corrected chi connectivity index (χ3v) is 4.22. The van der Waals surface area contributed by atoms with E-state index in [-0.39, 0.29) is 6.10 Å². The molecule has 23 heavy (non-hydrogen) atoms. The number of hydrogen-bond acceptors (Lipinski definition) is 4. The summed E-state index contributed by atoms with van der Waals surface area (Å²) in [5.74, 6) is -0.304. The lowest BCUT2D eigenvalue weighted by molar-refractivity contribution is -0.340. The van der Waals surface area contributed by atoms with Crippen LogP contribution in [-0.4, -0.2) is 27.5 Å². The van der Waals surface area contributed by atoms with Crippen LogP contribution in [-0.2, 0) is 18.6 Å². The summed E-state index contributed by atoms with van der Waals surface area (Å²) in [5, 5.41) is 0. The molecule has 1 aliphatic heterocycles. The van der Waals surface area contributed by atoms with Gasteiger partial charge in [-0.25, -0.2) is 0 Å². The van der Waals surface area contributed by atoms with Gasteiger partial charge in [0.2, 0.25) is 0 Å². The van der Waals surface area contributed by atoms with Gasteiger partial charge in [-0.05, 0) is 39.1 Å². The van der Waals surface area contributed by atoms with Gasteiger partial charge >= 0.3 is 0 Å². The predicted molar refractivity (Wildman–Crippen MR) is 93.4 cm³/mol. The minimum Gasteiger partial charge on any atom is -0.498 e. The smallest absolute Gasteiger partial charge is 0.299 e. The molecule has 0 N–H and O–H groups in total. The first-order valence-corrected chi connectivity index (χ1v) is 11.7. The molecule has 0 amide bonds. The van der Waals surface area contributed by atoms with Crippen LogP contribution in [0.3, 0.4) is 0 Å². The molecule has 0 fully saturated rings. The van der Waals surface area contributed by atoms with E-state index in [1.54, 1.807) is 0 Å². The van der Waals surface area contributed by atoms with Crippen LogP contribution in [0, 0.1) is 0 Å². The summed E-state index contributed by atoms with van der Waals surface area (Å²) in [4.78, 5) is 0. The standard InChI is InChI=1S/C18H28O4Si/c1-6-19-16-13-17(15-11-9-8-10-12-15)21-18(14-16,20-7-2)22-23(3,4)5/h8-12,14,17H,6-7,13H2,1-5H3. The fraction of sp³-hybridized carbons (Fsp3) is 0.556. The number of ether oxygens (including phenoxy) is 3. The minimum atomic E-state index is -1.89. The Bertz CT molecular complexity index is 524. The molecule has 4 nitrogen and oxygen atoms in total. The van der Waals surface area contributed by atoms with Crippen molar-refractivity contribution in [1.82, 2.24) is 0 Å². The molecule has 0 bridgehead atoms. The molecule has 0 saturated carbocycles. The van der Waals surface area contributed by atoms with Gasteiger partial charge in [-0.1, -0.05) is 30.3 Å². The molecule has 0 spiro atoms. The van der Waals surface area contributed by atoms with Crippen molar-refractivity contribution in [3.05, 3.63) is 47.7 Å². The van der Waals surface area contributed by atoms with Crippen LogP contribution in [0.25, 0.3) is 0 Å². The van der Waals surface area contributed by atoms with Gasteiger partial charge in [-0.3, -0.25) is 0 Å². The van der Waals surface area contributed by atoms with Crippen molar-refractivity contribution in [3.63, 3.8) is 0 Å². The Balaban J connectivity index is 2.35. The quantitative estimate of drug-likeness (QED) is 0.538. The summed E-state index contributed by atoms with van der Waals surface area (Å²) in [6.07, 6.45) is 2.39. The van der Waals surface area contributed by atoms with Crippen molar-refractivity contribution < 1.29 is 18.6 Å². The van der Waals surface area contributed by atoms with Crippen LogP contribution in [0.1, 0.15) is 31.9 Å². The zero-order valence-corrected chi connectivity index (χ0v) is 15.8. The van der Waals surface area contributed by atoms with Gasteiger partial charge in [-0.2, -0.15) is 0 Å². The van der Waals surface area contributed by atoms with Gasteiger partial charge < -0.3 is 18.6 Å². The SMILES string of the molecule is CCOC1=CC(OCC)(O[Si](C)(C)C)OC(c2ccccc2)C1. The van der Waals surface area contributed by atoms with Gasteiger partial charge in [0.15, 0.2) is 8.32 Å². The van der Waals surface area contributed by atoms with Crippen molar-refractivity contribution in [2.75, 3.05) is 13.2 Å². The first kappa shape index (κ1) is 18.2. The molecule has 5 heteroatoms. The van der Waals surface area contributed by atoms with E-state index in [0.29, 0.717) is 19.6 Å². The van der Waals surface area contributed by atoms with Crippen LogP contribution in [0.2, 0.25) is 19.6 Å². The Labute approximate surface area is 140 Å². The van der Waals surface area contributed by atoms with Gasteiger partial charge in [0.05, 0.1) is 12.7 Å². The number of hydrogen-bond donors (Lipinski definition) is 0. The lowest BCUT2D eigenvalue weighted by atomic mass is 10.0. The number of benzene rings is 1. The molecule has 0 aliphatic carbocycles. The van der Waals surface area contributed by atoms with E-state index in [1.807, 2.05) is 38.1 Å². The third-order valence-electron chi connectivity index (χ3n) is 3.33.